The van der Waals surface area contributed by atoms with E-state index in [2.05, 4.69) is 5.32 Å². The number of urea groups is 1. The second kappa shape index (κ2) is 9.85. The number of hydrogen-bond acceptors (Lipinski definition) is 5. The van der Waals surface area contributed by atoms with E-state index < -0.39 is 17.8 Å². The lowest BCUT2D eigenvalue weighted by molar-refractivity contribution is -0.131. The van der Waals surface area contributed by atoms with Crippen LogP contribution in [0, 0.1) is 0 Å². The molecule has 0 radical (unpaired) electrons. The van der Waals surface area contributed by atoms with Gasteiger partial charge in [-0.3, -0.25) is 19.8 Å². The molecule has 4 amide bonds. The van der Waals surface area contributed by atoms with Gasteiger partial charge < -0.3 is 9.47 Å². The lowest BCUT2D eigenvalue weighted by Crippen LogP contribution is -2.57. The summed E-state index contributed by atoms with van der Waals surface area (Å²) in [6, 6.07) is 9.45. The Morgan fingerprint density at radius 3 is 2.48 bits per heavy atom. The minimum absolute atomic E-state index is 0.0898. The van der Waals surface area contributed by atoms with E-state index in [0.717, 1.165) is 31.2 Å². The molecule has 2 aliphatic rings. The molecule has 0 aromatic heterocycles. The highest BCUT2D eigenvalue weighted by atomic mass is 35.5. The Balaban J connectivity index is 1.54. The molecule has 33 heavy (non-hydrogen) atoms. The van der Waals surface area contributed by atoms with Crippen molar-refractivity contribution < 1.29 is 23.9 Å². The van der Waals surface area contributed by atoms with E-state index in [0.29, 0.717) is 27.1 Å². The molecule has 4 rings (SSSR count). The standard InChI is InChI=1S/C24H22Cl2N2O5/c1-32-21-12-14(7-9-20(21)33-13-15-6-8-18(25)19(26)11-15)10-17-22(29)27-24(31)28(23(17)30)16-4-2-3-5-16/h6-12,16H,2-5,13H2,1H3,(H,27,29,31)/b17-10+. The van der Waals surface area contributed by atoms with Crippen molar-refractivity contribution in [2.45, 2.75) is 38.3 Å². The van der Waals surface area contributed by atoms with Crippen molar-refractivity contribution in [2.24, 2.45) is 0 Å². The predicted octanol–water partition coefficient (Wildman–Crippen LogP) is 4.99. The van der Waals surface area contributed by atoms with Crippen molar-refractivity contribution >= 4 is 47.1 Å². The van der Waals surface area contributed by atoms with Crippen LogP contribution in [0.3, 0.4) is 0 Å². The summed E-state index contributed by atoms with van der Waals surface area (Å²) < 4.78 is 11.3. The Kier molecular flexibility index (Phi) is 6.91. The van der Waals surface area contributed by atoms with Crippen LogP contribution >= 0.6 is 23.2 Å². The van der Waals surface area contributed by atoms with Crippen LogP contribution in [0.1, 0.15) is 36.8 Å². The van der Waals surface area contributed by atoms with Crippen LogP contribution in [-0.4, -0.2) is 35.9 Å². The summed E-state index contributed by atoms with van der Waals surface area (Å²) >= 11 is 12.0. The van der Waals surface area contributed by atoms with E-state index in [9.17, 15) is 14.4 Å². The number of ether oxygens (including phenoxy) is 2. The van der Waals surface area contributed by atoms with Crippen molar-refractivity contribution in [1.29, 1.82) is 0 Å². The molecule has 7 nitrogen and oxygen atoms in total. The van der Waals surface area contributed by atoms with Gasteiger partial charge in [-0.05, 0) is 54.3 Å². The Morgan fingerprint density at radius 1 is 1.03 bits per heavy atom. The second-order valence-electron chi connectivity index (χ2n) is 7.88. The van der Waals surface area contributed by atoms with Gasteiger partial charge in [0.25, 0.3) is 11.8 Å². The summed E-state index contributed by atoms with van der Waals surface area (Å²) in [6.45, 7) is 0.243. The number of hydrogen-bond donors (Lipinski definition) is 1. The van der Waals surface area contributed by atoms with Crippen molar-refractivity contribution in [3.05, 3.63) is 63.1 Å². The SMILES string of the molecule is COc1cc(/C=C2\C(=O)NC(=O)N(C3CCCC3)C2=O)ccc1OCc1ccc(Cl)c(Cl)c1. The normalized spacial score (nSPS) is 18.1. The Morgan fingerprint density at radius 2 is 1.79 bits per heavy atom. The number of halogens is 2. The van der Waals surface area contributed by atoms with Gasteiger partial charge in [0, 0.05) is 6.04 Å². The number of nitrogens with one attached hydrogen (secondary N) is 1. The maximum Gasteiger partial charge on any atom is 0.331 e. The zero-order valence-corrected chi connectivity index (χ0v) is 19.4. The van der Waals surface area contributed by atoms with Gasteiger partial charge in [-0.15, -0.1) is 0 Å². The van der Waals surface area contributed by atoms with Crippen molar-refractivity contribution in [3.8, 4) is 11.5 Å². The van der Waals surface area contributed by atoms with Crippen molar-refractivity contribution in [3.63, 3.8) is 0 Å². The summed E-state index contributed by atoms with van der Waals surface area (Å²) in [6.07, 6.45) is 4.86. The number of carbonyl (C=O) groups excluding carboxylic acids is 3. The number of carbonyl (C=O) groups is 3. The molecule has 2 aromatic carbocycles. The minimum atomic E-state index is -0.710. The maximum absolute atomic E-state index is 13.0. The Hall–Kier alpha value is -3.03. The number of benzene rings is 2. The largest absolute Gasteiger partial charge is 0.493 e. The Labute approximate surface area is 201 Å². The number of nitrogens with zero attached hydrogens (tertiary/aromatic N) is 1. The first kappa shape index (κ1) is 23.1. The molecule has 1 saturated carbocycles. The molecular weight excluding hydrogens is 467 g/mol. The molecule has 1 aliphatic heterocycles. The number of rotatable bonds is 6. The van der Waals surface area contributed by atoms with Crippen LogP contribution < -0.4 is 14.8 Å². The van der Waals surface area contributed by atoms with Crippen molar-refractivity contribution in [1.82, 2.24) is 10.2 Å². The van der Waals surface area contributed by atoms with Crippen LogP contribution in [0.4, 0.5) is 4.79 Å². The van der Waals surface area contributed by atoms with E-state index in [1.807, 2.05) is 6.07 Å². The van der Waals surface area contributed by atoms with Crippen molar-refractivity contribution in [2.75, 3.05) is 7.11 Å². The molecule has 0 bridgehead atoms. The molecule has 1 saturated heterocycles. The third-order valence-corrected chi connectivity index (χ3v) is 6.44. The highest BCUT2D eigenvalue weighted by molar-refractivity contribution is 6.42. The molecule has 1 aliphatic carbocycles. The molecule has 2 aromatic rings. The Bertz CT molecular complexity index is 1140. The molecule has 1 heterocycles. The summed E-state index contributed by atoms with van der Waals surface area (Å²) in [4.78, 5) is 38.8. The molecule has 1 N–H and O–H groups in total. The van der Waals surface area contributed by atoms with Gasteiger partial charge in [-0.25, -0.2) is 4.79 Å². The van der Waals surface area contributed by atoms with E-state index in [-0.39, 0.29) is 18.2 Å². The van der Waals surface area contributed by atoms with Gasteiger partial charge in [-0.1, -0.05) is 48.2 Å². The van der Waals surface area contributed by atoms with E-state index in [1.54, 1.807) is 30.3 Å². The predicted molar refractivity (Wildman–Crippen MR) is 124 cm³/mol. The molecule has 0 atom stereocenters. The average Bonchev–Trinajstić information content (AvgIpc) is 3.32. The van der Waals surface area contributed by atoms with Crippen LogP contribution in [0.25, 0.3) is 6.08 Å². The van der Waals surface area contributed by atoms with Gasteiger partial charge >= 0.3 is 6.03 Å². The monoisotopic (exact) mass is 488 g/mol. The fraction of sp³-hybridized carbons (Fsp3) is 0.292. The second-order valence-corrected chi connectivity index (χ2v) is 8.69. The zero-order valence-electron chi connectivity index (χ0n) is 17.9. The fourth-order valence-electron chi connectivity index (χ4n) is 4.02. The van der Waals surface area contributed by atoms with Gasteiger partial charge in [0.1, 0.15) is 12.2 Å². The quantitative estimate of drug-likeness (QED) is 0.457. The van der Waals surface area contributed by atoms with Crippen LogP contribution in [-0.2, 0) is 16.2 Å². The number of amides is 4. The van der Waals surface area contributed by atoms with E-state index in [1.165, 1.54) is 18.1 Å². The third kappa shape index (κ3) is 4.99. The maximum atomic E-state index is 13.0. The van der Waals surface area contributed by atoms with Gasteiger partial charge in [0.2, 0.25) is 0 Å². The molecule has 2 fully saturated rings. The van der Waals surface area contributed by atoms with Crippen LogP contribution in [0.15, 0.2) is 42.0 Å². The molecule has 0 spiro atoms. The molecule has 172 valence electrons. The summed E-state index contributed by atoms with van der Waals surface area (Å²) in [5.41, 5.74) is 1.31. The fourth-order valence-corrected chi connectivity index (χ4v) is 4.34. The van der Waals surface area contributed by atoms with Gasteiger partial charge in [-0.2, -0.15) is 0 Å². The molecule has 0 unspecified atom stereocenters. The summed E-state index contributed by atoms with van der Waals surface area (Å²) in [5.74, 6) is -0.377. The summed E-state index contributed by atoms with van der Waals surface area (Å²) in [7, 11) is 1.50. The number of barbiturate groups is 1. The lowest BCUT2D eigenvalue weighted by Gasteiger charge is -2.31. The highest BCUT2D eigenvalue weighted by Crippen LogP contribution is 2.32. The summed E-state index contributed by atoms with van der Waals surface area (Å²) in [5, 5.41) is 3.18. The number of methoxy groups -OCH3 is 1. The highest BCUT2D eigenvalue weighted by Gasteiger charge is 2.40. The molecule has 9 heteroatoms. The first-order chi connectivity index (χ1) is 15.9. The third-order valence-electron chi connectivity index (χ3n) is 5.70. The first-order valence-corrected chi connectivity index (χ1v) is 11.3. The first-order valence-electron chi connectivity index (χ1n) is 10.5. The van der Waals surface area contributed by atoms with Gasteiger partial charge in [0.15, 0.2) is 11.5 Å². The van der Waals surface area contributed by atoms with Crippen LogP contribution in [0.2, 0.25) is 10.0 Å². The lowest BCUT2D eigenvalue weighted by atomic mass is 10.0. The topological polar surface area (TPSA) is 84.9 Å². The van der Waals surface area contributed by atoms with E-state index in [4.69, 9.17) is 32.7 Å². The zero-order chi connectivity index (χ0) is 23.5. The molecular formula is C24H22Cl2N2O5. The smallest absolute Gasteiger partial charge is 0.331 e. The average molecular weight is 489 g/mol. The van der Waals surface area contributed by atoms with E-state index >= 15 is 0 Å². The minimum Gasteiger partial charge on any atom is -0.493 e. The van der Waals surface area contributed by atoms with Gasteiger partial charge in [0.05, 0.1) is 17.2 Å². The van der Waals surface area contributed by atoms with Crippen LogP contribution in [0.5, 0.6) is 11.5 Å². The number of imide groups is 2.